The summed E-state index contributed by atoms with van der Waals surface area (Å²) in [7, 11) is 0. The molecule has 0 atom stereocenters. The van der Waals surface area contributed by atoms with Gasteiger partial charge in [0.25, 0.3) is 0 Å². The number of hydrogen-bond donors (Lipinski definition) is 0. The summed E-state index contributed by atoms with van der Waals surface area (Å²) in [6, 6.07) is 15.6. The molecule has 0 radical (unpaired) electrons. The van der Waals surface area contributed by atoms with Gasteiger partial charge in [-0.2, -0.15) is 0 Å². The number of rotatable bonds is 4. The van der Waals surface area contributed by atoms with Gasteiger partial charge in [0.2, 0.25) is 11.2 Å². The van der Waals surface area contributed by atoms with Crippen molar-refractivity contribution in [1.29, 1.82) is 0 Å². The van der Waals surface area contributed by atoms with E-state index < -0.39 is 5.97 Å². The molecule has 0 aliphatic heterocycles. The Morgan fingerprint density at radius 1 is 1.14 bits per heavy atom. The van der Waals surface area contributed by atoms with Crippen LogP contribution in [0.2, 0.25) is 5.02 Å². The van der Waals surface area contributed by atoms with Crippen LogP contribution < -0.4 is 10.2 Å². The van der Waals surface area contributed by atoms with Crippen molar-refractivity contribution < 1.29 is 13.9 Å². The zero-order valence-electron chi connectivity index (χ0n) is 14.9. The van der Waals surface area contributed by atoms with Gasteiger partial charge in [0.1, 0.15) is 10.5 Å². The van der Waals surface area contributed by atoms with Crippen molar-refractivity contribution in [3.05, 3.63) is 85.7 Å². The monoisotopic (exact) mass is 410 g/mol. The lowest BCUT2D eigenvalue weighted by atomic mass is 10.1. The molecule has 28 heavy (non-hydrogen) atoms. The van der Waals surface area contributed by atoms with E-state index in [0.29, 0.717) is 26.4 Å². The fraction of sp³-hybridized carbons (Fsp3) is 0.0909. The summed E-state index contributed by atoms with van der Waals surface area (Å²) < 4.78 is 11.5. The smallest absolute Gasteiger partial charge is 0.353 e. The zero-order chi connectivity index (χ0) is 19.7. The van der Waals surface area contributed by atoms with Gasteiger partial charge in [-0.15, -0.1) is 11.3 Å². The van der Waals surface area contributed by atoms with Crippen molar-refractivity contribution >= 4 is 39.9 Å². The molecule has 140 valence electrons. The molecule has 4 nitrogen and oxygen atoms in total. The third kappa shape index (κ3) is 3.46. The van der Waals surface area contributed by atoms with E-state index in [-0.39, 0.29) is 16.9 Å². The first-order chi connectivity index (χ1) is 13.6. The third-order valence-corrected chi connectivity index (χ3v) is 5.45. The third-order valence-electron chi connectivity index (χ3n) is 4.34. The van der Waals surface area contributed by atoms with Gasteiger partial charge in [0, 0.05) is 10.6 Å². The standard InChI is InChI=1S/C22H15ClO4S/c1-2-13-5-10-17-16(12-13)19(24)21(27-22(25)18-4-3-11-28-18)20(26-17)14-6-8-15(23)9-7-14/h3-12H,2H2,1H3. The van der Waals surface area contributed by atoms with Crippen molar-refractivity contribution in [3.63, 3.8) is 0 Å². The molecule has 0 aliphatic carbocycles. The summed E-state index contributed by atoms with van der Waals surface area (Å²) in [5, 5.41) is 2.70. The van der Waals surface area contributed by atoms with E-state index in [4.69, 9.17) is 20.8 Å². The highest BCUT2D eigenvalue weighted by molar-refractivity contribution is 7.12. The van der Waals surface area contributed by atoms with E-state index >= 15 is 0 Å². The minimum Gasteiger partial charge on any atom is -0.452 e. The highest BCUT2D eigenvalue weighted by Gasteiger charge is 2.22. The summed E-state index contributed by atoms with van der Waals surface area (Å²) in [5.41, 5.74) is 1.64. The average Bonchev–Trinajstić information content (AvgIpc) is 3.25. The van der Waals surface area contributed by atoms with Gasteiger partial charge < -0.3 is 9.15 Å². The number of benzene rings is 2. The number of hydrogen-bond acceptors (Lipinski definition) is 5. The molecule has 0 fully saturated rings. The topological polar surface area (TPSA) is 56.5 Å². The number of fused-ring (bicyclic) bond motifs is 1. The van der Waals surface area contributed by atoms with Crippen molar-refractivity contribution in [2.75, 3.05) is 0 Å². The fourth-order valence-corrected chi connectivity index (χ4v) is 3.59. The summed E-state index contributed by atoms with van der Waals surface area (Å²) in [4.78, 5) is 26.1. The molecule has 0 amide bonds. The SMILES string of the molecule is CCc1ccc2oc(-c3ccc(Cl)cc3)c(OC(=O)c3cccs3)c(=O)c2c1. The molecule has 0 aliphatic rings. The number of esters is 1. The van der Waals surface area contributed by atoms with Gasteiger partial charge in [-0.3, -0.25) is 4.79 Å². The lowest BCUT2D eigenvalue weighted by Gasteiger charge is -2.11. The van der Waals surface area contributed by atoms with Crippen LogP contribution in [-0.4, -0.2) is 5.97 Å². The maximum atomic E-state index is 13.2. The number of ether oxygens (including phenoxy) is 1. The number of carbonyl (C=O) groups is 1. The maximum Gasteiger partial charge on any atom is 0.353 e. The molecule has 0 unspecified atom stereocenters. The first-order valence-electron chi connectivity index (χ1n) is 8.68. The molecular formula is C22H15ClO4S. The quantitative estimate of drug-likeness (QED) is 0.390. The Morgan fingerprint density at radius 3 is 2.61 bits per heavy atom. The molecule has 0 N–H and O–H groups in total. The Bertz CT molecular complexity index is 1210. The number of aryl methyl sites for hydroxylation is 1. The highest BCUT2D eigenvalue weighted by atomic mass is 35.5. The first-order valence-corrected chi connectivity index (χ1v) is 9.94. The van der Waals surface area contributed by atoms with E-state index in [1.54, 1.807) is 53.9 Å². The largest absolute Gasteiger partial charge is 0.452 e. The summed E-state index contributed by atoms with van der Waals surface area (Å²) in [6.45, 7) is 2.00. The molecule has 4 rings (SSSR count). The van der Waals surface area contributed by atoms with Crippen molar-refractivity contribution in [2.45, 2.75) is 13.3 Å². The number of halogens is 1. The molecule has 2 aromatic heterocycles. The lowest BCUT2D eigenvalue weighted by molar-refractivity contribution is 0.0736. The Hall–Kier alpha value is -2.89. The second-order valence-electron chi connectivity index (χ2n) is 6.15. The van der Waals surface area contributed by atoms with Gasteiger partial charge >= 0.3 is 5.97 Å². The summed E-state index contributed by atoms with van der Waals surface area (Å²) in [6.07, 6.45) is 0.776. The van der Waals surface area contributed by atoms with Crippen LogP contribution in [0.4, 0.5) is 0 Å². The van der Waals surface area contributed by atoms with Crippen LogP contribution in [0.25, 0.3) is 22.3 Å². The molecule has 0 saturated heterocycles. The van der Waals surface area contributed by atoms with Gasteiger partial charge in [-0.25, -0.2) is 4.79 Å². The molecular weight excluding hydrogens is 396 g/mol. The molecule has 2 heterocycles. The Morgan fingerprint density at radius 2 is 1.93 bits per heavy atom. The fourth-order valence-electron chi connectivity index (χ4n) is 2.87. The Labute approximate surface area is 170 Å². The minimum atomic E-state index is -0.594. The van der Waals surface area contributed by atoms with Crippen molar-refractivity contribution in [2.24, 2.45) is 0 Å². The van der Waals surface area contributed by atoms with Crippen LogP contribution in [0.1, 0.15) is 22.2 Å². The second-order valence-corrected chi connectivity index (χ2v) is 7.53. The van der Waals surface area contributed by atoms with Crippen molar-refractivity contribution in [3.8, 4) is 17.1 Å². The van der Waals surface area contributed by atoms with Crippen molar-refractivity contribution in [1.82, 2.24) is 0 Å². The van der Waals surface area contributed by atoms with E-state index in [1.165, 1.54) is 11.3 Å². The zero-order valence-corrected chi connectivity index (χ0v) is 16.5. The van der Waals surface area contributed by atoms with Gasteiger partial charge in [0.05, 0.1) is 5.39 Å². The second kappa shape index (κ2) is 7.62. The van der Waals surface area contributed by atoms with Crippen LogP contribution in [-0.2, 0) is 6.42 Å². The normalized spacial score (nSPS) is 10.9. The minimum absolute atomic E-state index is 0.124. The number of carbonyl (C=O) groups excluding carboxylic acids is 1. The predicted molar refractivity (Wildman–Crippen MR) is 112 cm³/mol. The van der Waals surface area contributed by atoms with Crippen LogP contribution in [0.5, 0.6) is 5.75 Å². The summed E-state index contributed by atoms with van der Waals surface area (Å²) >= 11 is 7.22. The predicted octanol–water partition coefficient (Wildman–Crippen LogP) is 5.96. The van der Waals surface area contributed by atoms with Gasteiger partial charge in [-0.1, -0.05) is 30.7 Å². The molecule has 2 aromatic carbocycles. The first kappa shape index (κ1) is 18.5. The molecule has 0 spiro atoms. The number of thiophene rings is 1. The van der Waals surface area contributed by atoms with E-state index in [1.807, 2.05) is 13.0 Å². The van der Waals surface area contributed by atoms with E-state index in [2.05, 4.69) is 0 Å². The molecule has 0 saturated carbocycles. The van der Waals surface area contributed by atoms with Gasteiger partial charge in [0.15, 0.2) is 5.76 Å². The Kier molecular flexibility index (Phi) is 5.03. The summed E-state index contributed by atoms with van der Waals surface area (Å²) in [5.74, 6) is -0.520. The molecule has 0 bridgehead atoms. The lowest BCUT2D eigenvalue weighted by Crippen LogP contribution is -2.15. The van der Waals surface area contributed by atoms with Gasteiger partial charge in [-0.05, 0) is 59.8 Å². The Balaban J connectivity index is 1.93. The molecule has 6 heteroatoms. The van der Waals surface area contributed by atoms with Crippen LogP contribution >= 0.6 is 22.9 Å². The molecule has 4 aromatic rings. The van der Waals surface area contributed by atoms with Crippen LogP contribution in [0.3, 0.4) is 0 Å². The maximum absolute atomic E-state index is 13.2. The van der Waals surface area contributed by atoms with E-state index in [9.17, 15) is 9.59 Å². The average molecular weight is 411 g/mol. The van der Waals surface area contributed by atoms with Crippen LogP contribution in [0.15, 0.2) is 69.2 Å². The van der Waals surface area contributed by atoms with E-state index in [0.717, 1.165) is 12.0 Å². The highest BCUT2D eigenvalue weighted by Crippen LogP contribution is 2.32. The van der Waals surface area contributed by atoms with Crippen LogP contribution in [0, 0.1) is 0 Å².